The van der Waals surface area contributed by atoms with E-state index in [0.717, 1.165) is 17.8 Å². The van der Waals surface area contributed by atoms with Gasteiger partial charge in [0.05, 0.1) is 5.69 Å². The van der Waals surface area contributed by atoms with E-state index in [1.165, 1.54) is 6.07 Å². The van der Waals surface area contributed by atoms with Crippen molar-refractivity contribution in [2.24, 2.45) is 0 Å². The van der Waals surface area contributed by atoms with Crippen LogP contribution in [0.25, 0.3) is 11.3 Å². The summed E-state index contributed by atoms with van der Waals surface area (Å²) >= 11 is 0. The summed E-state index contributed by atoms with van der Waals surface area (Å²) in [4.78, 5) is 9.00. The Balaban J connectivity index is 2.00. The third-order valence-corrected chi connectivity index (χ3v) is 3.66. The summed E-state index contributed by atoms with van der Waals surface area (Å²) in [5.41, 5.74) is 3.05. The van der Waals surface area contributed by atoms with Gasteiger partial charge in [0.2, 0.25) is 5.95 Å². The molecule has 24 heavy (non-hydrogen) atoms. The molecule has 0 radical (unpaired) electrons. The zero-order chi connectivity index (χ0) is 16.9. The summed E-state index contributed by atoms with van der Waals surface area (Å²) in [5.74, 6) is 0.910. The van der Waals surface area contributed by atoms with Gasteiger partial charge in [-0.2, -0.15) is 4.98 Å². The summed E-state index contributed by atoms with van der Waals surface area (Å²) in [7, 11) is 0. The first kappa shape index (κ1) is 15.9. The molecule has 0 aliphatic heterocycles. The molecule has 0 amide bonds. The highest BCUT2D eigenvalue weighted by molar-refractivity contribution is 5.68. The van der Waals surface area contributed by atoms with Gasteiger partial charge in [0.25, 0.3) is 0 Å². The van der Waals surface area contributed by atoms with Crippen molar-refractivity contribution in [2.75, 3.05) is 17.2 Å². The molecule has 122 valence electrons. The van der Waals surface area contributed by atoms with Crippen LogP contribution in [0.4, 0.5) is 21.8 Å². The first-order chi connectivity index (χ1) is 11.7. The molecule has 4 nitrogen and oxygen atoms in total. The molecule has 0 spiro atoms. The van der Waals surface area contributed by atoms with Crippen molar-refractivity contribution in [3.05, 3.63) is 66.0 Å². The molecular weight excluding hydrogens is 303 g/mol. The smallest absolute Gasteiger partial charge is 0.225 e. The summed E-state index contributed by atoms with van der Waals surface area (Å²) in [5, 5.41) is 6.32. The zero-order valence-corrected chi connectivity index (χ0v) is 13.7. The van der Waals surface area contributed by atoms with E-state index < -0.39 is 0 Å². The number of anilines is 3. The van der Waals surface area contributed by atoms with Crippen LogP contribution < -0.4 is 10.6 Å². The predicted octanol–water partition coefficient (Wildman–Crippen LogP) is 4.77. The van der Waals surface area contributed by atoms with Gasteiger partial charge >= 0.3 is 0 Å². The van der Waals surface area contributed by atoms with E-state index in [1.807, 2.05) is 49.4 Å². The molecule has 0 saturated heterocycles. The number of hydrogen-bond acceptors (Lipinski definition) is 4. The molecular formula is C19H19FN4. The van der Waals surface area contributed by atoms with Gasteiger partial charge in [0.1, 0.15) is 11.6 Å². The number of nitrogens with one attached hydrogen (secondary N) is 2. The fourth-order valence-corrected chi connectivity index (χ4v) is 2.39. The molecule has 0 aliphatic rings. The minimum Gasteiger partial charge on any atom is -0.354 e. The molecule has 0 fully saturated rings. The third-order valence-electron chi connectivity index (χ3n) is 3.66. The largest absolute Gasteiger partial charge is 0.354 e. The molecule has 0 atom stereocenters. The first-order valence-corrected chi connectivity index (χ1v) is 7.88. The molecule has 0 bridgehead atoms. The van der Waals surface area contributed by atoms with Gasteiger partial charge in [0.15, 0.2) is 0 Å². The van der Waals surface area contributed by atoms with E-state index >= 15 is 0 Å². The number of hydrogen-bond donors (Lipinski definition) is 2. The highest BCUT2D eigenvalue weighted by Gasteiger charge is 2.09. The molecule has 1 heterocycles. The molecule has 0 saturated carbocycles. The molecule has 3 rings (SSSR count). The van der Waals surface area contributed by atoms with Crippen LogP contribution in [-0.4, -0.2) is 16.5 Å². The maximum atomic E-state index is 13.7. The minimum atomic E-state index is -0.246. The van der Waals surface area contributed by atoms with E-state index in [-0.39, 0.29) is 5.82 Å². The van der Waals surface area contributed by atoms with Gasteiger partial charge < -0.3 is 10.6 Å². The minimum absolute atomic E-state index is 0.246. The summed E-state index contributed by atoms with van der Waals surface area (Å²) in [6.45, 7) is 4.45. The van der Waals surface area contributed by atoms with Gasteiger partial charge in [0, 0.05) is 29.4 Å². The lowest BCUT2D eigenvalue weighted by Gasteiger charge is -2.12. The van der Waals surface area contributed by atoms with E-state index in [1.54, 1.807) is 13.0 Å². The van der Waals surface area contributed by atoms with Crippen LogP contribution in [0.2, 0.25) is 0 Å². The second kappa shape index (κ2) is 7.08. The highest BCUT2D eigenvalue weighted by Crippen LogP contribution is 2.25. The molecule has 2 N–H and O–H groups in total. The lowest BCUT2D eigenvalue weighted by molar-refractivity contribution is 0.619. The quantitative estimate of drug-likeness (QED) is 0.710. The fourth-order valence-electron chi connectivity index (χ4n) is 2.39. The monoisotopic (exact) mass is 322 g/mol. The Morgan fingerprint density at radius 2 is 1.79 bits per heavy atom. The molecule has 0 aliphatic carbocycles. The molecule has 5 heteroatoms. The maximum Gasteiger partial charge on any atom is 0.225 e. The average Bonchev–Trinajstić information content (AvgIpc) is 2.60. The third kappa shape index (κ3) is 3.51. The van der Waals surface area contributed by atoms with Crippen LogP contribution in [-0.2, 0) is 0 Å². The fraction of sp³-hybridized carbons (Fsp3) is 0.158. The molecule has 1 aromatic heterocycles. The summed E-state index contributed by atoms with van der Waals surface area (Å²) in [6, 6.07) is 16.7. The summed E-state index contributed by atoms with van der Waals surface area (Å²) < 4.78 is 13.7. The van der Waals surface area contributed by atoms with Crippen molar-refractivity contribution < 1.29 is 4.39 Å². The Bertz CT molecular complexity index is 834. The summed E-state index contributed by atoms with van der Waals surface area (Å²) in [6.07, 6.45) is 0. The number of aromatic nitrogens is 2. The highest BCUT2D eigenvalue weighted by atomic mass is 19.1. The van der Waals surface area contributed by atoms with Gasteiger partial charge in [-0.15, -0.1) is 0 Å². The first-order valence-electron chi connectivity index (χ1n) is 7.88. The Morgan fingerprint density at radius 1 is 1.00 bits per heavy atom. The van der Waals surface area contributed by atoms with Crippen LogP contribution in [0.1, 0.15) is 12.5 Å². The topological polar surface area (TPSA) is 49.8 Å². The van der Waals surface area contributed by atoms with Gasteiger partial charge in [-0.25, -0.2) is 9.37 Å². The van der Waals surface area contributed by atoms with Crippen LogP contribution in [0.15, 0.2) is 54.6 Å². The molecule has 2 aromatic carbocycles. The Labute approximate surface area is 140 Å². The number of halogens is 1. The van der Waals surface area contributed by atoms with Gasteiger partial charge in [-0.05, 0) is 26.0 Å². The average molecular weight is 322 g/mol. The number of nitrogens with zero attached hydrogens (tertiary/aromatic N) is 2. The van der Waals surface area contributed by atoms with Crippen molar-refractivity contribution in [2.45, 2.75) is 13.8 Å². The second-order valence-corrected chi connectivity index (χ2v) is 5.40. The van der Waals surface area contributed by atoms with E-state index in [4.69, 9.17) is 0 Å². The Hall–Kier alpha value is -2.95. The molecule has 0 unspecified atom stereocenters. The Morgan fingerprint density at radius 3 is 2.54 bits per heavy atom. The molecule has 3 aromatic rings. The van der Waals surface area contributed by atoms with E-state index in [9.17, 15) is 4.39 Å². The number of rotatable bonds is 5. The van der Waals surface area contributed by atoms with Crippen LogP contribution >= 0.6 is 0 Å². The van der Waals surface area contributed by atoms with E-state index in [0.29, 0.717) is 23.0 Å². The lowest BCUT2D eigenvalue weighted by Crippen LogP contribution is -2.06. The van der Waals surface area contributed by atoms with Crippen molar-refractivity contribution in [1.29, 1.82) is 0 Å². The van der Waals surface area contributed by atoms with Crippen molar-refractivity contribution in [3.8, 4) is 11.3 Å². The van der Waals surface area contributed by atoms with Crippen LogP contribution in [0, 0.1) is 12.7 Å². The predicted molar refractivity (Wildman–Crippen MR) is 96.1 cm³/mol. The van der Waals surface area contributed by atoms with Crippen molar-refractivity contribution in [1.82, 2.24) is 9.97 Å². The SMILES string of the molecule is CCNc1nc(Nc2cccc(F)c2C)cc(-c2ccccc2)n1. The Kier molecular flexibility index (Phi) is 4.70. The zero-order valence-electron chi connectivity index (χ0n) is 13.7. The van der Waals surface area contributed by atoms with Gasteiger partial charge in [-0.1, -0.05) is 36.4 Å². The van der Waals surface area contributed by atoms with Crippen molar-refractivity contribution >= 4 is 17.5 Å². The standard InChI is InChI=1S/C19H19FN4/c1-3-21-19-23-17(14-8-5-4-6-9-14)12-18(24-19)22-16-11-7-10-15(20)13(16)2/h4-12H,3H2,1-2H3,(H2,21,22,23,24). The second-order valence-electron chi connectivity index (χ2n) is 5.40. The van der Waals surface area contributed by atoms with Crippen LogP contribution in [0.3, 0.4) is 0 Å². The van der Waals surface area contributed by atoms with E-state index in [2.05, 4.69) is 20.6 Å². The van der Waals surface area contributed by atoms with Crippen LogP contribution in [0.5, 0.6) is 0 Å². The van der Waals surface area contributed by atoms with Gasteiger partial charge in [-0.3, -0.25) is 0 Å². The van der Waals surface area contributed by atoms with Crippen molar-refractivity contribution in [3.63, 3.8) is 0 Å². The lowest BCUT2D eigenvalue weighted by atomic mass is 10.1. The number of benzene rings is 2. The maximum absolute atomic E-state index is 13.7. The normalized spacial score (nSPS) is 10.5.